The second-order valence-electron chi connectivity index (χ2n) is 4.46. The average molecular weight is 289 g/mol. The Morgan fingerprint density at radius 1 is 1.45 bits per heavy atom. The fourth-order valence-electron chi connectivity index (χ4n) is 2.16. The molecule has 6 nitrogen and oxygen atoms in total. The smallest absolute Gasteiger partial charge is 0.270 e. The van der Waals surface area contributed by atoms with Crippen LogP contribution < -0.4 is 0 Å². The maximum atomic E-state index is 10.8. The Hall–Kier alpha value is -2.12. The Balaban J connectivity index is 2.11. The highest BCUT2D eigenvalue weighted by molar-refractivity contribution is 7.71. The molecule has 3 rings (SSSR count). The van der Waals surface area contributed by atoms with E-state index in [2.05, 4.69) is 9.97 Å². The van der Waals surface area contributed by atoms with Gasteiger partial charge in [0.05, 0.1) is 18.1 Å². The molecule has 0 bridgehead atoms. The predicted molar refractivity (Wildman–Crippen MR) is 74.9 cm³/mol. The summed E-state index contributed by atoms with van der Waals surface area (Å²) in [6.45, 7) is 1.10. The van der Waals surface area contributed by atoms with Crippen molar-refractivity contribution in [1.29, 1.82) is 0 Å². The minimum Gasteiger partial charge on any atom is -0.376 e. The number of nitrogens with one attached hydrogen (secondary N) is 1. The number of nitrogens with zero attached hydrogens (tertiary/aromatic N) is 2. The fraction of sp³-hybridized carbons (Fsp3) is 0.231. The fourth-order valence-corrected chi connectivity index (χ4v) is 2.43. The van der Waals surface area contributed by atoms with E-state index in [1.165, 1.54) is 12.1 Å². The number of aromatic amines is 1. The van der Waals surface area contributed by atoms with E-state index >= 15 is 0 Å². The Bertz CT molecular complexity index is 742. The number of rotatable bonds is 2. The van der Waals surface area contributed by atoms with Crippen molar-refractivity contribution in [2.75, 3.05) is 6.61 Å². The van der Waals surface area contributed by atoms with Crippen LogP contribution in [0.15, 0.2) is 24.3 Å². The zero-order valence-electron chi connectivity index (χ0n) is 10.5. The lowest BCUT2D eigenvalue weighted by molar-refractivity contribution is -0.384. The van der Waals surface area contributed by atoms with Crippen LogP contribution >= 0.6 is 12.2 Å². The molecule has 1 aliphatic rings. The summed E-state index contributed by atoms with van der Waals surface area (Å²) in [5, 5.41) is 10.8. The van der Waals surface area contributed by atoms with Crippen molar-refractivity contribution in [2.24, 2.45) is 0 Å². The number of hydrogen-bond donors (Lipinski definition) is 1. The molecule has 0 fully saturated rings. The molecule has 1 aromatic carbocycles. The summed E-state index contributed by atoms with van der Waals surface area (Å²) in [6, 6.07) is 6.34. The van der Waals surface area contributed by atoms with Gasteiger partial charge in [-0.25, -0.2) is 4.98 Å². The maximum Gasteiger partial charge on any atom is 0.270 e. The van der Waals surface area contributed by atoms with Crippen LogP contribution in [0.4, 0.5) is 5.69 Å². The SMILES string of the molecule is O=[N+]([O-])c1cccc(-c2nc(=S)c3c([nH]2)CCOC3)c1. The highest BCUT2D eigenvalue weighted by Gasteiger charge is 2.15. The van der Waals surface area contributed by atoms with Crippen molar-refractivity contribution < 1.29 is 9.66 Å². The van der Waals surface area contributed by atoms with Crippen LogP contribution in [-0.2, 0) is 17.8 Å². The summed E-state index contributed by atoms with van der Waals surface area (Å²) < 4.78 is 5.84. The lowest BCUT2D eigenvalue weighted by atomic mass is 10.1. The van der Waals surface area contributed by atoms with Crippen LogP contribution in [0.25, 0.3) is 11.4 Å². The standard InChI is InChI=1S/C13H11N3O3S/c17-16(18)9-3-1-2-8(6-9)12-14-11-4-5-19-7-10(11)13(20)15-12/h1-3,6H,4-5,7H2,(H,14,15,20). The summed E-state index contributed by atoms with van der Waals surface area (Å²) in [4.78, 5) is 17.9. The highest BCUT2D eigenvalue weighted by atomic mass is 32.1. The van der Waals surface area contributed by atoms with Gasteiger partial charge in [-0.1, -0.05) is 24.4 Å². The van der Waals surface area contributed by atoms with E-state index in [9.17, 15) is 10.1 Å². The zero-order valence-corrected chi connectivity index (χ0v) is 11.3. The molecule has 2 heterocycles. The molecule has 0 atom stereocenters. The van der Waals surface area contributed by atoms with Gasteiger partial charge in [-0.15, -0.1) is 0 Å². The molecule has 0 spiro atoms. The second-order valence-corrected chi connectivity index (χ2v) is 4.84. The molecule has 0 saturated heterocycles. The van der Waals surface area contributed by atoms with Crippen molar-refractivity contribution in [1.82, 2.24) is 9.97 Å². The topological polar surface area (TPSA) is 81.0 Å². The van der Waals surface area contributed by atoms with Gasteiger partial charge in [0.1, 0.15) is 10.5 Å². The molecule has 0 radical (unpaired) electrons. The Labute approximate surface area is 119 Å². The molecular formula is C13H11N3O3S. The van der Waals surface area contributed by atoms with Crippen molar-refractivity contribution in [3.8, 4) is 11.4 Å². The van der Waals surface area contributed by atoms with E-state index in [1.54, 1.807) is 12.1 Å². The van der Waals surface area contributed by atoms with E-state index in [0.29, 0.717) is 29.2 Å². The van der Waals surface area contributed by atoms with E-state index in [4.69, 9.17) is 17.0 Å². The molecule has 1 aliphatic heterocycles. The second kappa shape index (κ2) is 5.10. The summed E-state index contributed by atoms with van der Waals surface area (Å²) in [5.41, 5.74) is 2.59. The van der Waals surface area contributed by atoms with Crippen molar-refractivity contribution in [3.05, 3.63) is 50.3 Å². The van der Waals surface area contributed by atoms with Gasteiger partial charge < -0.3 is 9.72 Å². The average Bonchev–Trinajstić information content (AvgIpc) is 2.47. The number of ether oxygens (including phenoxy) is 1. The summed E-state index contributed by atoms with van der Waals surface area (Å²) in [5.74, 6) is 0.555. The number of fused-ring (bicyclic) bond motifs is 1. The van der Waals surface area contributed by atoms with Crippen molar-refractivity contribution in [3.63, 3.8) is 0 Å². The third-order valence-corrected chi connectivity index (χ3v) is 3.52. The summed E-state index contributed by atoms with van der Waals surface area (Å²) in [7, 11) is 0. The number of non-ortho nitro benzene ring substituents is 1. The van der Waals surface area contributed by atoms with Crippen LogP contribution in [0.3, 0.4) is 0 Å². The number of benzene rings is 1. The summed E-state index contributed by atoms with van der Waals surface area (Å²) >= 11 is 5.27. The Morgan fingerprint density at radius 2 is 2.30 bits per heavy atom. The Kier molecular flexibility index (Phi) is 3.29. The van der Waals surface area contributed by atoms with E-state index in [0.717, 1.165) is 17.7 Å². The van der Waals surface area contributed by atoms with Crippen molar-refractivity contribution in [2.45, 2.75) is 13.0 Å². The van der Waals surface area contributed by atoms with Crippen LogP contribution in [0.1, 0.15) is 11.3 Å². The molecule has 0 aliphatic carbocycles. The number of aromatic nitrogens is 2. The van der Waals surface area contributed by atoms with Gasteiger partial charge in [-0.05, 0) is 0 Å². The molecular weight excluding hydrogens is 278 g/mol. The maximum absolute atomic E-state index is 10.8. The first-order valence-electron chi connectivity index (χ1n) is 6.10. The van der Waals surface area contributed by atoms with Crippen LogP contribution in [0.5, 0.6) is 0 Å². The number of nitro groups is 1. The molecule has 7 heteroatoms. The van der Waals surface area contributed by atoms with Gasteiger partial charge in [-0.3, -0.25) is 10.1 Å². The lowest BCUT2D eigenvalue weighted by Gasteiger charge is -2.17. The van der Waals surface area contributed by atoms with E-state index in [1.807, 2.05) is 0 Å². The first-order chi connectivity index (χ1) is 9.65. The van der Waals surface area contributed by atoms with Crippen LogP contribution in [-0.4, -0.2) is 21.5 Å². The molecule has 102 valence electrons. The first-order valence-corrected chi connectivity index (χ1v) is 6.50. The van der Waals surface area contributed by atoms with Gasteiger partial charge in [-0.2, -0.15) is 0 Å². The van der Waals surface area contributed by atoms with Gasteiger partial charge in [0.25, 0.3) is 5.69 Å². The Morgan fingerprint density at radius 3 is 3.10 bits per heavy atom. The predicted octanol–water partition coefficient (Wildman–Crippen LogP) is 2.79. The molecule has 2 aromatic rings. The van der Waals surface area contributed by atoms with Gasteiger partial charge in [0, 0.05) is 35.4 Å². The number of H-pyrrole nitrogens is 1. The zero-order chi connectivity index (χ0) is 14.1. The van der Waals surface area contributed by atoms with Gasteiger partial charge in [0.2, 0.25) is 0 Å². The number of nitro benzene ring substituents is 1. The largest absolute Gasteiger partial charge is 0.376 e. The summed E-state index contributed by atoms with van der Waals surface area (Å²) in [6.07, 6.45) is 0.740. The molecule has 1 aromatic heterocycles. The van der Waals surface area contributed by atoms with Gasteiger partial charge >= 0.3 is 0 Å². The lowest BCUT2D eigenvalue weighted by Crippen LogP contribution is -2.14. The van der Waals surface area contributed by atoms with Gasteiger partial charge in [0.15, 0.2) is 0 Å². The minimum atomic E-state index is -0.426. The highest BCUT2D eigenvalue weighted by Crippen LogP contribution is 2.23. The van der Waals surface area contributed by atoms with Crippen LogP contribution in [0, 0.1) is 14.8 Å². The monoisotopic (exact) mass is 289 g/mol. The van der Waals surface area contributed by atoms with Crippen molar-refractivity contribution >= 4 is 17.9 Å². The normalized spacial score (nSPS) is 13.8. The van der Waals surface area contributed by atoms with E-state index in [-0.39, 0.29) is 5.69 Å². The minimum absolute atomic E-state index is 0.0321. The third kappa shape index (κ3) is 2.33. The molecule has 0 unspecified atom stereocenters. The third-order valence-electron chi connectivity index (χ3n) is 3.18. The molecule has 1 N–H and O–H groups in total. The first kappa shape index (κ1) is 12.9. The quantitative estimate of drug-likeness (QED) is 0.522. The molecule has 0 saturated carbocycles. The van der Waals surface area contributed by atoms with Crippen LogP contribution in [0.2, 0.25) is 0 Å². The molecule has 20 heavy (non-hydrogen) atoms. The van der Waals surface area contributed by atoms with E-state index < -0.39 is 4.92 Å². The number of hydrogen-bond acceptors (Lipinski definition) is 5. The molecule has 0 amide bonds.